The van der Waals surface area contributed by atoms with Gasteiger partial charge in [-0.3, -0.25) is 4.79 Å². The average Bonchev–Trinajstić information content (AvgIpc) is 2.56. The van der Waals surface area contributed by atoms with Crippen LogP contribution in [0, 0.1) is 0 Å². The molecule has 0 saturated carbocycles. The van der Waals surface area contributed by atoms with Crippen LogP contribution in [-0.4, -0.2) is 47.4 Å². The zero-order valence-electron chi connectivity index (χ0n) is 12.4. The van der Waals surface area contributed by atoms with Crippen LogP contribution in [0.1, 0.15) is 22.0 Å². The van der Waals surface area contributed by atoms with E-state index in [0.29, 0.717) is 17.3 Å². The lowest BCUT2D eigenvalue weighted by Gasteiger charge is -2.40. The van der Waals surface area contributed by atoms with Crippen molar-refractivity contribution < 1.29 is 4.79 Å². The molecule has 22 heavy (non-hydrogen) atoms. The van der Waals surface area contributed by atoms with Gasteiger partial charge in [0.15, 0.2) is 0 Å². The topological polar surface area (TPSA) is 36.4 Å². The Bertz CT molecular complexity index is 645. The highest BCUT2D eigenvalue weighted by Gasteiger charge is 2.30. The van der Waals surface area contributed by atoms with Crippen molar-refractivity contribution in [1.82, 2.24) is 14.8 Å². The van der Waals surface area contributed by atoms with E-state index < -0.39 is 0 Å². The standard InChI is InChI=1S/C17H18ClN3O/c1-20-9-10-21(15(12-20)13-5-3-2-4-6-13)17(22)14-7-8-16(18)19-11-14/h2-8,11,15H,9-10,12H2,1H3. The molecule has 0 aliphatic carbocycles. The number of hydrogen-bond donors (Lipinski definition) is 0. The number of carbonyl (C=O) groups excluding carboxylic acids is 1. The quantitative estimate of drug-likeness (QED) is 0.800. The van der Waals surface area contributed by atoms with E-state index in [4.69, 9.17) is 11.6 Å². The molecule has 0 N–H and O–H groups in total. The van der Waals surface area contributed by atoms with Crippen molar-refractivity contribution in [2.45, 2.75) is 6.04 Å². The first-order valence-corrected chi connectivity index (χ1v) is 7.69. The van der Waals surface area contributed by atoms with Gasteiger partial charge in [0.1, 0.15) is 5.15 Å². The molecule has 0 spiro atoms. The van der Waals surface area contributed by atoms with Crippen LogP contribution in [-0.2, 0) is 0 Å². The molecular formula is C17H18ClN3O. The van der Waals surface area contributed by atoms with Crippen molar-refractivity contribution in [3.05, 3.63) is 64.9 Å². The van der Waals surface area contributed by atoms with Gasteiger partial charge in [0.05, 0.1) is 11.6 Å². The van der Waals surface area contributed by atoms with Crippen molar-refractivity contribution in [2.75, 3.05) is 26.7 Å². The van der Waals surface area contributed by atoms with E-state index in [-0.39, 0.29) is 11.9 Å². The summed E-state index contributed by atoms with van der Waals surface area (Å²) in [5.41, 5.74) is 1.74. The van der Waals surface area contributed by atoms with Crippen molar-refractivity contribution in [3.63, 3.8) is 0 Å². The lowest BCUT2D eigenvalue weighted by molar-refractivity contribution is 0.0497. The number of carbonyl (C=O) groups is 1. The Morgan fingerprint density at radius 2 is 1.95 bits per heavy atom. The highest BCUT2D eigenvalue weighted by Crippen LogP contribution is 2.26. The van der Waals surface area contributed by atoms with E-state index in [2.05, 4.69) is 29.1 Å². The number of piperazine rings is 1. The molecule has 1 atom stereocenters. The minimum absolute atomic E-state index is 0.00567. The SMILES string of the molecule is CN1CCN(C(=O)c2ccc(Cl)nc2)C(c2ccccc2)C1. The predicted molar refractivity (Wildman–Crippen MR) is 87.0 cm³/mol. The van der Waals surface area contributed by atoms with Crippen LogP contribution in [0.2, 0.25) is 5.15 Å². The van der Waals surface area contributed by atoms with Crippen LogP contribution in [0.15, 0.2) is 48.7 Å². The lowest BCUT2D eigenvalue weighted by atomic mass is 10.0. The van der Waals surface area contributed by atoms with Gasteiger partial charge in [-0.25, -0.2) is 4.98 Å². The summed E-state index contributed by atoms with van der Waals surface area (Å²) in [6, 6.07) is 13.6. The highest BCUT2D eigenvalue weighted by molar-refractivity contribution is 6.29. The smallest absolute Gasteiger partial charge is 0.256 e. The first-order chi connectivity index (χ1) is 10.6. The van der Waals surface area contributed by atoms with E-state index in [1.165, 1.54) is 0 Å². The minimum atomic E-state index is 0.00567. The molecule has 5 heteroatoms. The van der Waals surface area contributed by atoms with E-state index in [1.807, 2.05) is 23.1 Å². The van der Waals surface area contributed by atoms with Gasteiger partial charge in [-0.2, -0.15) is 0 Å². The zero-order chi connectivity index (χ0) is 15.5. The van der Waals surface area contributed by atoms with Gasteiger partial charge in [0.25, 0.3) is 5.91 Å². The first-order valence-electron chi connectivity index (χ1n) is 7.31. The molecule has 2 aromatic rings. The maximum Gasteiger partial charge on any atom is 0.256 e. The third kappa shape index (κ3) is 3.13. The van der Waals surface area contributed by atoms with Gasteiger partial charge >= 0.3 is 0 Å². The summed E-state index contributed by atoms with van der Waals surface area (Å²) in [5.74, 6) is 0.00567. The summed E-state index contributed by atoms with van der Waals surface area (Å²) in [4.78, 5) is 21.0. The fourth-order valence-electron chi connectivity index (χ4n) is 2.79. The second-order valence-electron chi connectivity index (χ2n) is 5.56. The minimum Gasteiger partial charge on any atom is -0.329 e. The fraction of sp³-hybridized carbons (Fsp3) is 0.294. The molecule has 0 radical (unpaired) electrons. The molecule has 1 saturated heterocycles. The molecule has 1 aliphatic rings. The molecule has 1 amide bonds. The normalized spacial score (nSPS) is 19.2. The highest BCUT2D eigenvalue weighted by atomic mass is 35.5. The van der Waals surface area contributed by atoms with Gasteiger partial charge in [-0.15, -0.1) is 0 Å². The molecule has 0 bridgehead atoms. The van der Waals surface area contributed by atoms with Gasteiger partial charge in [-0.1, -0.05) is 41.9 Å². The summed E-state index contributed by atoms with van der Waals surface area (Å²) < 4.78 is 0. The van der Waals surface area contributed by atoms with Crippen molar-refractivity contribution in [1.29, 1.82) is 0 Å². The second-order valence-corrected chi connectivity index (χ2v) is 5.94. The number of halogens is 1. The monoisotopic (exact) mass is 315 g/mol. The van der Waals surface area contributed by atoms with Crippen LogP contribution in [0.25, 0.3) is 0 Å². The van der Waals surface area contributed by atoms with Gasteiger partial charge in [0.2, 0.25) is 0 Å². The first kappa shape index (κ1) is 15.0. The number of nitrogens with zero attached hydrogens (tertiary/aromatic N) is 3. The molecule has 1 fully saturated rings. The maximum absolute atomic E-state index is 12.8. The molecule has 1 aliphatic heterocycles. The molecule has 114 valence electrons. The van der Waals surface area contributed by atoms with Crippen molar-refractivity contribution in [2.24, 2.45) is 0 Å². The summed E-state index contributed by atoms with van der Waals surface area (Å²) in [7, 11) is 2.08. The Hall–Kier alpha value is -1.91. The number of amides is 1. The Kier molecular flexibility index (Phi) is 4.41. The number of rotatable bonds is 2. The molecular weight excluding hydrogens is 298 g/mol. The van der Waals surface area contributed by atoms with Crippen LogP contribution in [0.3, 0.4) is 0 Å². The molecule has 3 rings (SSSR count). The Balaban J connectivity index is 1.89. The summed E-state index contributed by atoms with van der Waals surface area (Å²) >= 11 is 5.80. The molecule has 1 aromatic heterocycles. The van der Waals surface area contributed by atoms with Crippen molar-refractivity contribution in [3.8, 4) is 0 Å². The van der Waals surface area contributed by atoms with E-state index in [0.717, 1.165) is 18.7 Å². The van der Waals surface area contributed by atoms with Crippen molar-refractivity contribution >= 4 is 17.5 Å². The Morgan fingerprint density at radius 1 is 1.18 bits per heavy atom. The number of hydrogen-bond acceptors (Lipinski definition) is 3. The lowest BCUT2D eigenvalue weighted by Crippen LogP contribution is -2.49. The van der Waals surface area contributed by atoms with Gasteiger partial charge in [-0.05, 0) is 24.7 Å². The molecule has 2 heterocycles. The maximum atomic E-state index is 12.8. The molecule has 1 aromatic carbocycles. The van der Waals surface area contributed by atoms with Gasteiger partial charge in [0, 0.05) is 25.8 Å². The summed E-state index contributed by atoms with van der Waals surface area (Å²) in [6.45, 7) is 2.41. The number of likely N-dealkylation sites (N-methyl/N-ethyl adjacent to an activating group) is 1. The largest absolute Gasteiger partial charge is 0.329 e. The van der Waals surface area contributed by atoms with Crippen LogP contribution < -0.4 is 0 Å². The zero-order valence-corrected chi connectivity index (χ0v) is 13.2. The second kappa shape index (κ2) is 6.46. The summed E-state index contributed by atoms with van der Waals surface area (Å²) in [5, 5.41) is 0.398. The van der Waals surface area contributed by atoms with Crippen LogP contribution in [0.5, 0.6) is 0 Å². The number of aromatic nitrogens is 1. The third-order valence-electron chi connectivity index (χ3n) is 4.00. The van der Waals surface area contributed by atoms with E-state index in [1.54, 1.807) is 18.3 Å². The van der Waals surface area contributed by atoms with Crippen LogP contribution in [0.4, 0.5) is 0 Å². The van der Waals surface area contributed by atoms with E-state index >= 15 is 0 Å². The number of benzene rings is 1. The molecule has 1 unspecified atom stereocenters. The summed E-state index contributed by atoms with van der Waals surface area (Å²) in [6.07, 6.45) is 1.55. The van der Waals surface area contributed by atoms with Gasteiger partial charge < -0.3 is 9.80 Å². The van der Waals surface area contributed by atoms with Crippen LogP contribution >= 0.6 is 11.6 Å². The molecule has 4 nitrogen and oxygen atoms in total. The Labute approximate surface area is 135 Å². The third-order valence-corrected chi connectivity index (χ3v) is 4.23. The Morgan fingerprint density at radius 3 is 2.64 bits per heavy atom. The average molecular weight is 316 g/mol. The fourth-order valence-corrected chi connectivity index (χ4v) is 2.90. The number of pyridine rings is 1. The predicted octanol–water partition coefficient (Wildman–Crippen LogP) is 2.86. The van der Waals surface area contributed by atoms with E-state index in [9.17, 15) is 4.79 Å².